The monoisotopic (exact) mass is 628 g/mol. The molecule has 41 heavy (non-hydrogen) atoms. The van der Waals surface area contributed by atoms with Gasteiger partial charge >= 0.3 is 0 Å². The summed E-state index contributed by atoms with van der Waals surface area (Å²) in [7, 11) is 0. The molecule has 12 heteroatoms. The van der Waals surface area contributed by atoms with Gasteiger partial charge in [0.1, 0.15) is 23.8 Å². The molecule has 3 aliphatic rings. The van der Waals surface area contributed by atoms with Crippen molar-refractivity contribution < 1.29 is 24.2 Å². The van der Waals surface area contributed by atoms with Crippen LogP contribution in [-0.2, 0) is 25.8 Å². The SMILES string of the molecule is C=CCN(Cn1nnc2ccccc21)C(=O)C1N(CCCO)C(=O)[C@@H]2[C@H](C(=O)N(CC=C)CCC)[C@H]3OC12CC3Br. The number of aliphatic hydroxyl groups is 1. The Morgan fingerprint density at radius 1 is 1.22 bits per heavy atom. The summed E-state index contributed by atoms with van der Waals surface area (Å²) in [5.74, 6) is -2.29. The number of aromatic nitrogens is 3. The normalized spacial score (nSPS) is 28.2. The second-order valence-corrected chi connectivity index (χ2v) is 12.1. The highest BCUT2D eigenvalue weighted by atomic mass is 79.9. The van der Waals surface area contributed by atoms with Crippen LogP contribution in [0.3, 0.4) is 0 Å². The lowest BCUT2D eigenvalue weighted by atomic mass is 9.70. The first-order valence-corrected chi connectivity index (χ1v) is 15.0. The third-order valence-electron chi connectivity index (χ3n) is 8.41. The Balaban J connectivity index is 1.53. The van der Waals surface area contributed by atoms with Crippen LogP contribution in [0.25, 0.3) is 11.0 Å². The number of hydrogen-bond acceptors (Lipinski definition) is 7. The molecule has 2 aromatic rings. The van der Waals surface area contributed by atoms with Gasteiger partial charge in [0.15, 0.2) is 0 Å². The number of carbonyl (C=O) groups is 3. The fourth-order valence-corrected chi connectivity index (χ4v) is 7.77. The Labute approximate surface area is 247 Å². The van der Waals surface area contributed by atoms with E-state index in [0.717, 1.165) is 11.9 Å². The number of nitrogens with zero attached hydrogens (tertiary/aromatic N) is 6. The Kier molecular flexibility index (Phi) is 8.62. The van der Waals surface area contributed by atoms with Crippen LogP contribution in [0.5, 0.6) is 0 Å². The average molecular weight is 630 g/mol. The summed E-state index contributed by atoms with van der Waals surface area (Å²) in [5, 5.41) is 18.1. The van der Waals surface area contributed by atoms with E-state index in [1.165, 1.54) is 4.90 Å². The standard InChI is InChI=1S/C29H37BrN6O5/c1-4-12-33(13-5-2)26(38)22-23-27(39)35(15-9-16-37)25(29(23)17-19(30)24(22)41-29)28(40)34(14-6-3)18-36-21-11-8-7-10-20(21)31-32-36/h4,6-8,10-11,19,22-25,37H,1,3,5,9,12-18H2,2H3/t19?,22-,23-,24-,25?,29?/m0/s1. The lowest BCUT2D eigenvalue weighted by Crippen LogP contribution is -2.57. The van der Waals surface area contributed by atoms with E-state index in [1.807, 2.05) is 31.2 Å². The zero-order valence-corrected chi connectivity index (χ0v) is 24.9. The molecule has 2 bridgehead atoms. The average Bonchev–Trinajstić information content (AvgIpc) is 3.68. The molecular formula is C29H37BrN6O5. The van der Waals surface area contributed by atoms with Gasteiger partial charge in [-0.15, -0.1) is 18.3 Å². The maximum Gasteiger partial charge on any atom is 0.250 e. The molecule has 3 saturated heterocycles. The highest BCUT2D eigenvalue weighted by Gasteiger charge is 2.76. The van der Waals surface area contributed by atoms with Crippen LogP contribution in [-0.4, -0.2) is 108 Å². The van der Waals surface area contributed by atoms with Crippen molar-refractivity contribution >= 4 is 44.7 Å². The molecule has 1 aromatic heterocycles. The predicted octanol–water partition coefficient (Wildman–Crippen LogP) is 1.96. The summed E-state index contributed by atoms with van der Waals surface area (Å²) >= 11 is 3.73. The number of benzene rings is 1. The van der Waals surface area contributed by atoms with Crippen molar-refractivity contribution in [3.05, 3.63) is 49.6 Å². The molecule has 1 aromatic carbocycles. The molecule has 3 aliphatic heterocycles. The molecule has 4 heterocycles. The topological polar surface area (TPSA) is 121 Å². The molecule has 1 spiro atoms. The number of likely N-dealkylation sites (tertiary alicyclic amines) is 1. The van der Waals surface area contributed by atoms with Crippen LogP contribution in [0.4, 0.5) is 0 Å². The fraction of sp³-hybridized carbons (Fsp3) is 0.552. The quantitative estimate of drug-likeness (QED) is 0.266. The Morgan fingerprint density at radius 3 is 2.66 bits per heavy atom. The van der Waals surface area contributed by atoms with Gasteiger partial charge in [0.05, 0.1) is 23.5 Å². The minimum absolute atomic E-state index is 0.0950. The van der Waals surface area contributed by atoms with Crippen LogP contribution in [0.2, 0.25) is 0 Å². The maximum atomic E-state index is 14.5. The highest BCUT2D eigenvalue weighted by Crippen LogP contribution is 2.60. The number of halogens is 1. The second-order valence-electron chi connectivity index (χ2n) is 10.9. The Morgan fingerprint density at radius 2 is 1.95 bits per heavy atom. The maximum absolute atomic E-state index is 14.5. The molecule has 3 fully saturated rings. The van der Waals surface area contributed by atoms with Gasteiger partial charge in [0, 0.05) is 37.6 Å². The largest absolute Gasteiger partial charge is 0.396 e. The van der Waals surface area contributed by atoms with Crippen molar-refractivity contribution in [2.24, 2.45) is 11.8 Å². The molecule has 0 radical (unpaired) electrons. The van der Waals surface area contributed by atoms with E-state index < -0.39 is 29.6 Å². The molecule has 1 N–H and O–H groups in total. The van der Waals surface area contributed by atoms with Crippen LogP contribution in [0, 0.1) is 11.8 Å². The molecule has 6 atom stereocenters. The highest BCUT2D eigenvalue weighted by molar-refractivity contribution is 9.09. The van der Waals surface area contributed by atoms with Gasteiger partial charge in [-0.3, -0.25) is 14.4 Å². The Hall–Kier alpha value is -3.09. The van der Waals surface area contributed by atoms with Gasteiger partial charge in [0.2, 0.25) is 17.7 Å². The number of para-hydroxylation sites is 1. The second kappa shape index (κ2) is 12.0. The van der Waals surface area contributed by atoms with E-state index in [4.69, 9.17) is 4.74 Å². The molecule has 3 amide bonds. The Bertz CT molecular complexity index is 1330. The van der Waals surface area contributed by atoms with E-state index in [2.05, 4.69) is 39.4 Å². The first-order chi connectivity index (χ1) is 19.8. The summed E-state index contributed by atoms with van der Waals surface area (Å²) in [5.41, 5.74) is 0.293. The number of aliphatic hydroxyl groups excluding tert-OH is 1. The van der Waals surface area contributed by atoms with Crippen molar-refractivity contribution in [3.8, 4) is 0 Å². The number of fused-ring (bicyclic) bond motifs is 2. The van der Waals surface area contributed by atoms with Gasteiger partial charge in [-0.25, -0.2) is 4.68 Å². The van der Waals surface area contributed by atoms with Crippen LogP contribution in [0.1, 0.15) is 26.2 Å². The van der Waals surface area contributed by atoms with Gasteiger partial charge < -0.3 is 24.5 Å². The summed E-state index contributed by atoms with van der Waals surface area (Å²) < 4.78 is 8.28. The number of ether oxygens (including phenoxy) is 1. The number of hydrogen-bond donors (Lipinski definition) is 1. The number of carbonyl (C=O) groups excluding carboxylic acids is 3. The summed E-state index contributed by atoms with van der Waals surface area (Å²) in [6.45, 7) is 10.9. The van der Waals surface area contributed by atoms with Crippen LogP contribution >= 0.6 is 15.9 Å². The lowest BCUT2D eigenvalue weighted by Gasteiger charge is -2.37. The van der Waals surface area contributed by atoms with Crippen molar-refractivity contribution in [2.45, 2.75) is 55.4 Å². The minimum Gasteiger partial charge on any atom is -0.396 e. The molecular weight excluding hydrogens is 592 g/mol. The van der Waals surface area contributed by atoms with E-state index >= 15 is 0 Å². The summed E-state index contributed by atoms with van der Waals surface area (Å²) in [4.78, 5) is 47.3. The molecule has 11 nitrogen and oxygen atoms in total. The number of alkyl halides is 1. The zero-order valence-electron chi connectivity index (χ0n) is 23.3. The first kappa shape index (κ1) is 29.4. The van der Waals surface area contributed by atoms with E-state index in [-0.39, 0.29) is 48.9 Å². The lowest BCUT2D eigenvalue weighted by molar-refractivity contribution is -0.150. The van der Waals surface area contributed by atoms with Crippen molar-refractivity contribution in [3.63, 3.8) is 0 Å². The van der Waals surface area contributed by atoms with Gasteiger partial charge in [0.25, 0.3) is 0 Å². The van der Waals surface area contributed by atoms with Crippen molar-refractivity contribution in [2.75, 3.05) is 32.8 Å². The van der Waals surface area contributed by atoms with E-state index in [9.17, 15) is 19.5 Å². The van der Waals surface area contributed by atoms with Crippen molar-refractivity contribution in [1.82, 2.24) is 29.7 Å². The molecule has 0 saturated carbocycles. The minimum atomic E-state index is -1.18. The zero-order chi connectivity index (χ0) is 29.3. The van der Waals surface area contributed by atoms with Gasteiger partial charge in [-0.2, -0.15) is 0 Å². The van der Waals surface area contributed by atoms with Crippen molar-refractivity contribution in [1.29, 1.82) is 0 Å². The fourth-order valence-electron chi connectivity index (χ4n) is 6.83. The summed E-state index contributed by atoms with van der Waals surface area (Å²) in [6, 6.07) is 6.51. The third kappa shape index (κ3) is 4.89. The molecule has 3 unspecified atom stereocenters. The third-order valence-corrected chi connectivity index (χ3v) is 9.25. The van der Waals surface area contributed by atoms with E-state index in [0.29, 0.717) is 31.4 Å². The van der Waals surface area contributed by atoms with Crippen LogP contribution < -0.4 is 0 Å². The number of amides is 3. The molecule has 5 rings (SSSR count). The van der Waals surface area contributed by atoms with Crippen LogP contribution in [0.15, 0.2) is 49.6 Å². The number of rotatable bonds is 13. The first-order valence-electron chi connectivity index (χ1n) is 14.1. The van der Waals surface area contributed by atoms with Gasteiger partial charge in [-0.05, 0) is 31.4 Å². The van der Waals surface area contributed by atoms with Gasteiger partial charge in [-0.1, -0.05) is 52.4 Å². The van der Waals surface area contributed by atoms with E-state index in [1.54, 1.807) is 26.6 Å². The smallest absolute Gasteiger partial charge is 0.250 e. The molecule has 220 valence electrons. The predicted molar refractivity (Wildman–Crippen MR) is 156 cm³/mol. The molecule has 0 aliphatic carbocycles. The summed E-state index contributed by atoms with van der Waals surface area (Å²) in [6.07, 6.45) is 4.24.